The van der Waals surface area contributed by atoms with Crippen molar-refractivity contribution in [3.8, 4) is 17.6 Å². The van der Waals surface area contributed by atoms with Crippen molar-refractivity contribution in [2.45, 2.75) is 32.4 Å². The Morgan fingerprint density at radius 2 is 1.92 bits per heavy atom. The third-order valence-electron chi connectivity index (χ3n) is 3.97. The number of nitriles is 1. The molecule has 1 unspecified atom stereocenters. The molecule has 2 rings (SSSR count). The molecule has 1 atom stereocenters. The van der Waals surface area contributed by atoms with Gasteiger partial charge in [0.2, 0.25) is 0 Å². The van der Waals surface area contributed by atoms with Crippen molar-refractivity contribution in [2.24, 2.45) is 0 Å². The Morgan fingerprint density at radius 3 is 2.62 bits per heavy atom. The molecule has 0 aliphatic rings. The molecule has 0 saturated heterocycles. The van der Waals surface area contributed by atoms with Gasteiger partial charge in [-0.2, -0.15) is 5.26 Å². The number of nitrogens with zero attached hydrogens (tertiary/aromatic N) is 1. The van der Waals surface area contributed by atoms with Crippen molar-refractivity contribution in [1.29, 1.82) is 5.26 Å². The van der Waals surface area contributed by atoms with Crippen LogP contribution in [0.3, 0.4) is 0 Å². The number of methoxy groups -OCH3 is 1. The van der Waals surface area contributed by atoms with Crippen LogP contribution in [0.1, 0.15) is 36.9 Å². The molecular weight excluding hydrogens is 371 g/mol. The summed E-state index contributed by atoms with van der Waals surface area (Å²) in [4.78, 5) is 0. The quantitative estimate of drug-likeness (QED) is 0.569. The molecule has 0 heterocycles. The van der Waals surface area contributed by atoms with E-state index < -0.39 is 0 Å². The molecule has 0 aromatic heterocycles. The molecule has 2 aromatic rings. The van der Waals surface area contributed by atoms with Gasteiger partial charge in [-0.25, -0.2) is 0 Å². The summed E-state index contributed by atoms with van der Waals surface area (Å²) in [5, 5.41) is 13.2. The molecule has 0 fully saturated rings. The first-order valence-electron chi connectivity index (χ1n) is 8.40. The SMILES string of the molecule is COc1ccc(CNC(C)c2ccc(Cl)c(Cl)c2)cc1OCCCC#N. The van der Waals surface area contributed by atoms with E-state index in [0.29, 0.717) is 47.5 Å². The Hall–Kier alpha value is -1.93. The smallest absolute Gasteiger partial charge is 0.161 e. The highest BCUT2D eigenvalue weighted by Crippen LogP contribution is 2.29. The van der Waals surface area contributed by atoms with Crippen molar-refractivity contribution < 1.29 is 9.47 Å². The molecule has 0 aliphatic heterocycles. The molecule has 0 amide bonds. The number of benzene rings is 2. The molecule has 0 bridgehead atoms. The van der Waals surface area contributed by atoms with Gasteiger partial charge in [0.15, 0.2) is 11.5 Å². The summed E-state index contributed by atoms with van der Waals surface area (Å²) in [6, 6.07) is 13.7. The van der Waals surface area contributed by atoms with Gasteiger partial charge < -0.3 is 14.8 Å². The fraction of sp³-hybridized carbons (Fsp3) is 0.350. The Labute approximate surface area is 164 Å². The van der Waals surface area contributed by atoms with Crippen LogP contribution in [0.15, 0.2) is 36.4 Å². The van der Waals surface area contributed by atoms with Crippen molar-refractivity contribution in [1.82, 2.24) is 5.32 Å². The van der Waals surface area contributed by atoms with Crippen LogP contribution in [0, 0.1) is 11.3 Å². The van der Waals surface area contributed by atoms with Gasteiger partial charge in [0.1, 0.15) is 0 Å². The van der Waals surface area contributed by atoms with Crippen LogP contribution in [0.4, 0.5) is 0 Å². The van der Waals surface area contributed by atoms with E-state index in [1.54, 1.807) is 13.2 Å². The largest absolute Gasteiger partial charge is 0.493 e. The second-order valence-corrected chi connectivity index (χ2v) is 6.69. The summed E-state index contributed by atoms with van der Waals surface area (Å²) in [7, 11) is 1.61. The minimum absolute atomic E-state index is 0.117. The summed E-state index contributed by atoms with van der Waals surface area (Å²) in [5.74, 6) is 1.37. The average molecular weight is 393 g/mol. The van der Waals surface area contributed by atoms with Crippen LogP contribution in [-0.2, 0) is 6.54 Å². The molecule has 2 aromatic carbocycles. The maximum Gasteiger partial charge on any atom is 0.161 e. The van der Waals surface area contributed by atoms with Crippen LogP contribution < -0.4 is 14.8 Å². The second kappa shape index (κ2) is 10.3. The minimum Gasteiger partial charge on any atom is -0.493 e. The first-order chi connectivity index (χ1) is 12.5. The molecule has 138 valence electrons. The zero-order valence-electron chi connectivity index (χ0n) is 14.9. The minimum atomic E-state index is 0.117. The second-order valence-electron chi connectivity index (χ2n) is 5.87. The Kier molecular flexibility index (Phi) is 8.06. The standard InChI is InChI=1S/C20H22Cl2N2O2/c1-14(16-6-7-17(21)18(22)12-16)24-13-15-5-8-19(25-2)20(11-15)26-10-4-3-9-23/h5-8,11-12,14,24H,3-4,10,13H2,1-2H3. The highest BCUT2D eigenvalue weighted by Gasteiger charge is 2.10. The summed E-state index contributed by atoms with van der Waals surface area (Å²) in [5.41, 5.74) is 2.15. The van der Waals surface area contributed by atoms with E-state index in [-0.39, 0.29) is 6.04 Å². The van der Waals surface area contributed by atoms with E-state index in [9.17, 15) is 0 Å². The summed E-state index contributed by atoms with van der Waals surface area (Å²) in [6.45, 7) is 3.23. The van der Waals surface area contributed by atoms with Crippen molar-refractivity contribution in [3.05, 3.63) is 57.6 Å². The van der Waals surface area contributed by atoms with E-state index in [1.807, 2.05) is 30.3 Å². The van der Waals surface area contributed by atoms with Gasteiger partial charge in [0.05, 0.1) is 29.8 Å². The lowest BCUT2D eigenvalue weighted by Crippen LogP contribution is -2.18. The predicted octanol–water partition coefficient (Wildman–Crippen LogP) is 5.54. The molecule has 26 heavy (non-hydrogen) atoms. The van der Waals surface area contributed by atoms with Crippen LogP contribution in [0.5, 0.6) is 11.5 Å². The number of hydrogen-bond donors (Lipinski definition) is 1. The topological polar surface area (TPSA) is 54.3 Å². The molecule has 0 saturated carbocycles. The number of ether oxygens (including phenoxy) is 2. The number of nitrogens with one attached hydrogen (secondary N) is 1. The van der Waals surface area contributed by atoms with E-state index in [0.717, 1.165) is 11.1 Å². The van der Waals surface area contributed by atoms with Gasteiger partial charge in [-0.3, -0.25) is 0 Å². The van der Waals surface area contributed by atoms with Gasteiger partial charge in [0, 0.05) is 19.0 Å². The lowest BCUT2D eigenvalue weighted by Gasteiger charge is -2.16. The monoisotopic (exact) mass is 392 g/mol. The van der Waals surface area contributed by atoms with Gasteiger partial charge >= 0.3 is 0 Å². The number of rotatable bonds is 9. The molecule has 0 aliphatic carbocycles. The first-order valence-corrected chi connectivity index (χ1v) is 9.15. The Balaban J connectivity index is 1.99. The normalized spacial score (nSPS) is 11.7. The fourth-order valence-corrected chi connectivity index (χ4v) is 2.75. The van der Waals surface area contributed by atoms with E-state index in [1.165, 1.54) is 0 Å². The Bertz CT molecular complexity index is 775. The van der Waals surface area contributed by atoms with Gasteiger partial charge in [0.25, 0.3) is 0 Å². The van der Waals surface area contributed by atoms with Gasteiger partial charge in [-0.05, 0) is 48.7 Å². The summed E-state index contributed by atoms with van der Waals surface area (Å²) >= 11 is 12.1. The average Bonchev–Trinajstić information content (AvgIpc) is 2.65. The van der Waals surface area contributed by atoms with E-state index >= 15 is 0 Å². The first kappa shape index (κ1) is 20.4. The van der Waals surface area contributed by atoms with Crippen molar-refractivity contribution >= 4 is 23.2 Å². The maximum atomic E-state index is 8.60. The number of hydrogen-bond acceptors (Lipinski definition) is 4. The highest BCUT2D eigenvalue weighted by atomic mass is 35.5. The maximum absolute atomic E-state index is 8.60. The van der Waals surface area contributed by atoms with E-state index in [2.05, 4.69) is 18.3 Å². The lowest BCUT2D eigenvalue weighted by atomic mass is 10.1. The molecular formula is C20H22Cl2N2O2. The highest BCUT2D eigenvalue weighted by molar-refractivity contribution is 6.42. The van der Waals surface area contributed by atoms with Crippen molar-refractivity contribution in [3.63, 3.8) is 0 Å². The van der Waals surface area contributed by atoms with Crippen LogP contribution in [0.2, 0.25) is 10.0 Å². The number of unbranched alkanes of at least 4 members (excludes halogenated alkanes) is 1. The third kappa shape index (κ3) is 5.81. The molecule has 4 nitrogen and oxygen atoms in total. The Morgan fingerprint density at radius 1 is 1.12 bits per heavy atom. The molecule has 0 spiro atoms. The van der Waals surface area contributed by atoms with Crippen LogP contribution >= 0.6 is 23.2 Å². The number of halogens is 2. The fourth-order valence-electron chi connectivity index (χ4n) is 2.45. The van der Waals surface area contributed by atoms with E-state index in [4.69, 9.17) is 37.9 Å². The summed E-state index contributed by atoms with van der Waals surface area (Å²) < 4.78 is 11.1. The van der Waals surface area contributed by atoms with Gasteiger partial charge in [-0.15, -0.1) is 0 Å². The van der Waals surface area contributed by atoms with Gasteiger partial charge in [-0.1, -0.05) is 35.3 Å². The molecule has 1 N–H and O–H groups in total. The zero-order valence-corrected chi connectivity index (χ0v) is 16.4. The van der Waals surface area contributed by atoms with Crippen LogP contribution in [-0.4, -0.2) is 13.7 Å². The predicted molar refractivity (Wildman–Crippen MR) is 105 cm³/mol. The summed E-state index contributed by atoms with van der Waals surface area (Å²) in [6.07, 6.45) is 1.17. The molecule has 0 radical (unpaired) electrons. The van der Waals surface area contributed by atoms with Crippen molar-refractivity contribution in [2.75, 3.05) is 13.7 Å². The lowest BCUT2D eigenvalue weighted by molar-refractivity contribution is 0.290. The third-order valence-corrected chi connectivity index (χ3v) is 4.71. The molecule has 6 heteroatoms. The zero-order chi connectivity index (χ0) is 18.9. The van der Waals surface area contributed by atoms with Crippen LogP contribution in [0.25, 0.3) is 0 Å².